The van der Waals surface area contributed by atoms with Crippen LogP contribution in [-0.4, -0.2) is 40.8 Å². The largest absolute Gasteiger partial charge is 0.478 e. The average Bonchev–Trinajstić information content (AvgIpc) is 2.05. The summed E-state index contributed by atoms with van der Waals surface area (Å²) in [6, 6.07) is 0. The monoisotopic (exact) mass is 171 g/mol. The zero-order valence-corrected chi connectivity index (χ0v) is 6.86. The highest BCUT2D eigenvalue weighted by Crippen LogP contribution is 2.13. The first kappa shape index (κ1) is 9.06. The van der Waals surface area contributed by atoms with E-state index in [1.54, 1.807) is 6.20 Å². The maximum Gasteiger partial charge on any atom is 0.333 e. The molecule has 0 atom stereocenters. The normalized spacial score (nSPS) is 17.4. The number of aliphatic hydroxyl groups is 1. The minimum Gasteiger partial charge on any atom is -0.478 e. The van der Waals surface area contributed by atoms with Gasteiger partial charge in [-0.05, 0) is 12.8 Å². The number of hydrogen-bond acceptors (Lipinski definition) is 3. The molecule has 0 aliphatic carbocycles. The molecule has 0 saturated heterocycles. The quantitative estimate of drug-likeness (QED) is 0.629. The van der Waals surface area contributed by atoms with Gasteiger partial charge >= 0.3 is 5.97 Å². The summed E-state index contributed by atoms with van der Waals surface area (Å²) in [6.07, 6.45) is 3.12. The molecule has 0 amide bonds. The Morgan fingerprint density at radius 2 is 2.42 bits per heavy atom. The van der Waals surface area contributed by atoms with E-state index in [2.05, 4.69) is 0 Å². The number of rotatable bonds is 3. The van der Waals surface area contributed by atoms with Crippen molar-refractivity contribution in [2.24, 2.45) is 0 Å². The summed E-state index contributed by atoms with van der Waals surface area (Å²) in [6.45, 7) is 1.44. The van der Waals surface area contributed by atoms with Crippen LogP contribution in [0, 0.1) is 0 Å². The molecule has 68 valence electrons. The lowest BCUT2D eigenvalue weighted by Crippen LogP contribution is -2.27. The first-order chi connectivity index (χ1) is 5.74. The van der Waals surface area contributed by atoms with Crippen LogP contribution in [0.15, 0.2) is 11.8 Å². The Hall–Kier alpha value is -1.03. The van der Waals surface area contributed by atoms with Crippen molar-refractivity contribution >= 4 is 5.97 Å². The van der Waals surface area contributed by atoms with Gasteiger partial charge in [-0.3, -0.25) is 0 Å². The molecule has 0 spiro atoms. The van der Waals surface area contributed by atoms with Gasteiger partial charge in [-0.15, -0.1) is 0 Å². The van der Waals surface area contributed by atoms with Crippen molar-refractivity contribution in [1.29, 1.82) is 0 Å². The molecule has 4 nitrogen and oxygen atoms in total. The van der Waals surface area contributed by atoms with Crippen LogP contribution in [0.5, 0.6) is 0 Å². The zero-order chi connectivity index (χ0) is 8.97. The highest BCUT2D eigenvalue weighted by atomic mass is 16.4. The molecule has 1 aliphatic rings. The van der Waals surface area contributed by atoms with Gasteiger partial charge in [-0.25, -0.2) is 4.79 Å². The van der Waals surface area contributed by atoms with Crippen molar-refractivity contribution in [2.45, 2.75) is 12.8 Å². The third-order valence-electron chi connectivity index (χ3n) is 1.89. The minimum absolute atomic E-state index is 0.0728. The average molecular weight is 171 g/mol. The van der Waals surface area contributed by atoms with Crippen molar-refractivity contribution in [1.82, 2.24) is 4.90 Å². The molecule has 12 heavy (non-hydrogen) atoms. The second kappa shape index (κ2) is 4.11. The van der Waals surface area contributed by atoms with Gasteiger partial charge in [0.2, 0.25) is 0 Å². The van der Waals surface area contributed by atoms with Gasteiger partial charge in [0.05, 0.1) is 12.2 Å². The lowest BCUT2D eigenvalue weighted by Gasteiger charge is -2.24. The second-order valence-electron chi connectivity index (χ2n) is 2.82. The van der Waals surface area contributed by atoms with Gasteiger partial charge in [0.15, 0.2) is 0 Å². The van der Waals surface area contributed by atoms with Crippen molar-refractivity contribution in [3.05, 3.63) is 11.8 Å². The summed E-state index contributed by atoms with van der Waals surface area (Å²) < 4.78 is 0. The summed E-state index contributed by atoms with van der Waals surface area (Å²) in [4.78, 5) is 12.4. The Labute approximate surface area is 71.1 Å². The van der Waals surface area contributed by atoms with Crippen molar-refractivity contribution in [3.8, 4) is 0 Å². The number of carbonyl (C=O) groups is 1. The van der Waals surface area contributed by atoms with E-state index < -0.39 is 5.97 Å². The molecule has 1 heterocycles. The van der Waals surface area contributed by atoms with E-state index in [1.165, 1.54) is 0 Å². The molecular weight excluding hydrogens is 158 g/mol. The summed E-state index contributed by atoms with van der Waals surface area (Å²) >= 11 is 0. The number of aliphatic carboxylic acids is 1. The standard InChI is InChI=1S/C8H13NO3/c10-5-4-9-3-1-2-7(6-9)8(11)12/h6,10H,1-5H2,(H,11,12). The van der Waals surface area contributed by atoms with E-state index in [9.17, 15) is 4.79 Å². The minimum atomic E-state index is -0.849. The molecule has 1 aliphatic heterocycles. The SMILES string of the molecule is O=C(O)C1=CN(CCO)CCC1. The van der Waals surface area contributed by atoms with Crippen LogP contribution in [0.1, 0.15) is 12.8 Å². The van der Waals surface area contributed by atoms with Crippen LogP contribution in [0.4, 0.5) is 0 Å². The molecule has 0 radical (unpaired) electrons. The van der Waals surface area contributed by atoms with Crippen LogP contribution < -0.4 is 0 Å². The maximum atomic E-state index is 10.5. The summed E-state index contributed by atoms with van der Waals surface area (Å²) in [5, 5.41) is 17.3. The van der Waals surface area contributed by atoms with Gasteiger partial charge in [0.25, 0.3) is 0 Å². The van der Waals surface area contributed by atoms with Crippen LogP contribution in [0.2, 0.25) is 0 Å². The van der Waals surface area contributed by atoms with Gasteiger partial charge in [0.1, 0.15) is 0 Å². The summed E-state index contributed by atoms with van der Waals surface area (Å²) in [5.41, 5.74) is 0.440. The van der Waals surface area contributed by atoms with Crippen molar-refractivity contribution in [2.75, 3.05) is 19.7 Å². The molecule has 0 saturated carbocycles. The third-order valence-corrected chi connectivity index (χ3v) is 1.89. The fourth-order valence-corrected chi connectivity index (χ4v) is 1.29. The Morgan fingerprint density at radius 1 is 1.67 bits per heavy atom. The molecule has 0 bridgehead atoms. The molecular formula is C8H13NO3. The van der Waals surface area contributed by atoms with Crippen LogP contribution >= 0.6 is 0 Å². The van der Waals surface area contributed by atoms with Gasteiger partial charge in [-0.1, -0.05) is 0 Å². The van der Waals surface area contributed by atoms with Gasteiger partial charge in [0, 0.05) is 19.3 Å². The Kier molecular flexibility index (Phi) is 3.10. The summed E-state index contributed by atoms with van der Waals surface area (Å²) in [5.74, 6) is -0.849. The Morgan fingerprint density at radius 3 is 3.00 bits per heavy atom. The predicted octanol–water partition coefficient (Wildman–Crippen LogP) is 0.0430. The number of hydrogen-bond donors (Lipinski definition) is 2. The lowest BCUT2D eigenvalue weighted by molar-refractivity contribution is -0.133. The first-order valence-corrected chi connectivity index (χ1v) is 4.03. The van der Waals surface area contributed by atoms with Crippen molar-refractivity contribution in [3.63, 3.8) is 0 Å². The number of nitrogens with zero attached hydrogens (tertiary/aromatic N) is 1. The fraction of sp³-hybridized carbons (Fsp3) is 0.625. The molecule has 0 aromatic carbocycles. The fourth-order valence-electron chi connectivity index (χ4n) is 1.29. The Balaban J connectivity index is 2.57. The third kappa shape index (κ3) is 2.23. The molecule has 1 rings (SSSR count). The van der Waals surface area contributed by atoms with Gasteiger partial charge in [-0.2, -0.15) is 0 Å². The van der Waals surface area contributed by atoms with Gasteiger partial charge < -0.3 is 15.1 Å². The number of β-amino-alcohol motifs (C(OH)–C–C–N with tert-alkyl or cyclic N) is 1. The summed E-state index contributed by atoms with van der Waals surface area (Å²) in [7, 11) is 0. The number of aliphatic hydroxyl groups excluding tert-OH is 1. The number of carboxylic acids is 1. The second-order valence-corrected chi connectivity index (χ2v) is 2.82. The highest BCUT2D eigenvalue weighted by Gasteiger charge is 2.14. The molecule has 0 fully saturated rings. The number of carboxylic acid groups (broad SMARTS) is 1. The Bertz CT molecular complexity index is 200. The highest BCUT2D eigenvalue weighted by molar-refractivity contribution is 5.86. The molecule has 4 heteroatoms. The maximum absolute atomic E-state index is 10.5. The van der Waals surface area contributed by atoms with Crippen molar-refractivity contribution < 1.29 is 15.0 Å². The lowest BCUT2D eigenvalue weighted by atomic mass is 10.1. The van der Waals surface area contributed by atoms with E-state index in [4.69, 9.17) is 10.2 Å². The van der Waals surface area contributed by atoms with E-state index >= 15 is 0 Å². The van der Waals surface area contributed by atoms with E-state index in [0.29, 0.717) is 18.5 Å². The van der Waals surface area contributed by atoms with E-state index in [1.807, 2.05) is 4.90 Å². The molecule has 0 aromatic rings. The first-order valence-electron chi connectivity index (χ1n) is 4.03. The van der Waals surface area contributed by atoms with Crippen LogP contribution in [0.25, 0.3) is 0 Å². The van der Waals surface area contributed by atoms with E-state index in [0.717, 1.165) is 13.0 Å². The topological polar surface area (TPSA) is 60.8 Å². The molecule has 2 N–H and O–H groups in total. The zero-order valence-electron chi connectivity index (χ0n) is 6.86. The van der Waals surface area contributed by atoms with Crippen LogP contribution in [-0.2, 0) is 4.79 Å². The molecule has 0 aromatic heterocycles. The smallest absolute Gasteiger partial charge is 0.333 e. The van der Waals surface area contributed by atoms with E-state index in [-0.39, 0.29) is 6.61 Å². The van der Waals surface area contributed by atoms with Crippen LogP contribution in [0.3, 0.4) is 0 Å². The molecule has 0 unspecified atom stereocenters. The predicted molar refractivity (Wildman–Crippen MR) is 43.6 cm³/mol.